The molecular weight excluding hydrogens is 192 g/mol. The molecule has 0 amide bonds. The van der Waals surface area contributed by atoms with Crippen molar-refractivity contribution in [2.24, 2.45) is 0 Å². The Kier molecular flexibility index (Phi) is 6.63. The summed E-state index contributed by atoms with van der Waals surface area (Å²) in [5, 5.41) is 7.42. The third kappa shape index (κ3) is 7.25. The van der Waals surface area contributed by atoms with E-state index in [2.05, 4.69) is 23.1 Å². The van der Waals surface area contributed by atoms with Gasteiger partial charge in [-0.1, -0.05) is 12.2 Å². The van der Waals surface area contributed by atoms with Crippen molar-refractivity contribution < 1.29 is 9.90 Å². The van der Waals surface area contributed by atoms with Crippen LogP contribution in [0.25, 0.3) is 0 Å². The van der Waals surface area contributed by atoms with Crippen molar-refractivity contribution in [1.29, 1.82) is 0 Å². The lowest BCUT2D eigenvalue weighted by molar-refractivity contribution is -0.134. The SMILES string of the molecule is C=CCc1cnc(CC=C)[nH]1.CC(=O)O. The number of nitrogens with zero attached hydrogens (tertiary/aromatic N) is 1. The van der Waals surface area contributed by atoms with Crippen LogP contribution in [0.15, 0.2) is 31.5 Å². The van der Waals surface area contributed by atoms with E-state index in [1.54, 1.807) is 0 Å². The van der Waals surface area contributed by atoms with Gasteiger partial charge in [-0.05, 0) is 0 Å². The average molecular weight is 208 g/mol. The molecule has 2 N–H and O–H groups in total. The summed E-state index contributed by atoms with van der Waals surface area (Å²) in [6.07, 6.45) is 7.17. The smallest absolute Gasteiger partial charge is 0.300 e. The van der Waals surface area contributed by atoms with E-state index in [0.717, 1.165) is 31.3 Å². The lowest BCUT2D eigenvalue weighted by atomic mass is 10.3. The fourth-order valence-corrected chi connectivity index (χ4v) is 0.905. The van der Waals surface area contributed by atoms with Crippen LogP contribution in [0.2, 0.25) is 0 Å². The number of hydrogen-bond donors (Lipinski definition) is 2. The molecule has 1 heterocycles. The molecule has 0 saturated carbocycles. The monoisotopic (exact) mass is 208 g/mol. The zero-order valence-electron chi connectivity index (χ0n) is 8.86. The topological polar surface area (TPSA) is 66.0 Å². The lowest BCUT2D eigenvalue weighted by Crippen LogP contribution is -1.84. The van der Waals surface area contributed by atoms with Crippen molar-refractivity contribution in [2.45, 2.75) is 19.8 Å². The van der Waals surface area contributed by atoms with Crippen LogP contribution in [0.5, 0.6) is 0 Å². The molecule has 4 heteroatoms. The Morgan fingerprint density at radius 1 is 1.53 bits per heavy atom. The second-order valence-corrected chi connectivity index (χ2v) is 2.86. The van der Waals surface area contributed by atoms with Gasteiger partial charge < -0.3 is 10.1 Å². The fourth-order valence-electron chi connectivity index (χ4n) is 0.905. The molecule has 0 aromatic carbocycles. The summed E-state index contributed by atoms with van der Waals surface area (Å²) in [5.41, 5.74) is 1.11. The van der Waals surface area contributed by atoms with Gasteiger partial charge in [0.15, 0.2) is 0 Å². The zero-order chi connectivity index (χ0) is 11.7. The minimum absolute atomic E-state index is 0.803. The van der Waals surface area contributed by atoms with Crippen LogP contribution in [-0.4, -0.2) is 21.0 Å². The van der Waals surface area contributed by atoms with E-state index in [1.807, 2.05) is 18.3 Å². The molecule has 1 aromatic rings. The molecule has 0 saturated heterocycles. The van der Waals surface area contributed by atoms with Crippen molar-refractivity contribution in [3.63, 3.8) is 0 Å². The molecule has 0 atom stereocenters. The van der Waals surface area contributed by atoms with E-state index >= 15 is 0 Å². The molecule has 0 aliphatic rings. The van der Waals surface area contributed by atoms with Crippen molar-refractivity contribution in [1.82, 2.24) is 9.97 Å². The Labute approximate surface area is 89.4 Å². The van der Waals surface area contributed by atoms with Crippen molar-refractivity contribution in [3.05, 3.63) is 43.0 Å². The number of rotatable bonds is 4. The summed E-state index contributed by atoms with van der Waals surface area (Å²) in [7, 11) is 0. The van der Waals surface area contributed by atoms with Gasteiger partial charge in [0, 0.05) is 31.7 Å². The molecule has 1 rings (SSSR count). The van der Waals surface area contributed by atoms with E-state index in [0.29, 0.717) is 0 Å². The summed E-state index contributed by atoms with van der Waals surface area (Å²) in [4.78, 5) is 16.3. The third-order valence-corrected chi connectivity index (χ3v) is 1.38. The maximum atomic E-state index is 9.00. The number of carboxylic acids is 1. The molecule has 0 unspecified atom stereocenters. The Bertz CT molecular complexity index is 301. The second kappa shape index (κ2) is 7.55. The molecule has 82 valence electrons. The molecule has 0 bridgehead atoms. The highest BCUT2D eigenvalue weighted by Crippen LogP contribution is 1.99. The molecule has 1 aromatic heterocycles. The number of carboxylic acid groups (broad SMARTS) is 1. The highest BCUT2D eigenvalue weighted by atomic mass is 16.4. The van der Waals surface area contributed by atoms with Crippen LogP contribution < -0.4 is 0 Å². The number of aromatic nitrogens is 2. The van der Waals surface area contributed by atoms with E-state index in [1.165, 1.54) is 0 Å². The lowest BCUT2D eigenvalue weighted by Gasteiger charge is -1.87. The normalized spacial score (nSPS) is 8.60. The molecule has 0 aliphatic carbocycles. The summed E-state index contributed by atoms with van der Waals surface area (Å²) in [6.45, 7) is 8.36. The number of aromatic amines is 1. The van der Waals surface area contributed by atoms with Gasteiger partial charge in [0.05, 0.1) is 0 Å². The molecule has 0 radical (unpaired) electrons. The number of H-pyrrole nitrogens is 1. The van der Waals surface area contributed by atoms with Crippen LogP contribution in [0.4, 0.5) is 0 Å². The van der Waals surface area contributed by atoms with Crippen LogP contribution in [0, 0.1) is 0 Å². The van der Waals surface area contributed by atoms with Gasteiger partial charge in [-0.15, -0.1) is 13.2 Å². The van der Waals surface area contributed by atoms with Gasteiger partial charge in [-0.3, -0.25) is 4.79 Å². The van der Waals surface area contributed by atoms with E-state index in [4.69, 9.17) is 9.90 Å². The third-order valence-electron chi connectivity index (χ3n) is 1.38. The van der Waals surface area contributed by atoms with Crippen LogP contribution >= 0.6 is 0 Å². The first-order chi connectivity index (χ1) is 7.10. The van der Waals surface area contributed by atoms with E-state index < -0.39 is 5.97 Å². The maximum absolute atomic E-state index is 9.00. The molecule has 0 spiro atoms. The zero-order valence-corrected chi connectivity index (χ0v) is 8.86. The average Bonchev–Trinajstić information content (AvgIpc) is 2.53. The summed E-state index contributed by atoms with van der Waals surface area (Å²) in [5.74, 6) is 0.136. The van der Waals surface area contributed by atoms with Crippen molar-refractivity contribution >= 4 is 5.97 Å². The Balaban J connectivity index is 0.000000423. The quantitative estimate of drug-likeness (QED) is 0.743. The number of allylic oxidation sites excluding steroid dienone is 2. The maximum Gasteiger partial charge on any atom is 0.300 e. The number of aliphatic carboxylic acids is 1. The van der Waals surface area contributed by atoms with Gasteiger partial charge in [-0.2, -0.15) is 0 Å². The largest absolute Gasteiger partial charge is 0.481 e. The molecule has 15 heavy (non-hydrogen) atoms. The minimum atomic E-state index is -0.833. The van der Waals surface area contributed by atoms with Gasteiger partial charge in [0.25, 0.3) is 5.97 Å². The summed E-state index contributed by atoms with van der Waals surface area (Å²) in [6, 6.07) is 0. The molecular formula is C11H16N2O2. The first kappa shape index (κ1) is 13.2. The minimum Gasteiger partial charge on any atom is -0.481 e. The Morgan fingerprint density at radius 2 is 2.07 bits per heavy atom. The predicted octanol–water partition coefficient (Wildman–Crippen LogP) is 1.96. The van der Waals surface area contributed by atoms with E-state index in [9.17, 15) is 0 Å². The summed E-state index contributed by atoms with van der Waals surface area (Å²) < 4.78 is 0. The van der Waals surface area contributed by atoms with Crippen molar-refractivity contribution in [2.75, 3.05) is 0 Å². The van der Waals surface area contributed by atoms with Gasteiger partial charge in [0.2, 0.25) is 0 Å². The van der Waals surface area contributed by atoms with Gasteiger partial charge >= 0.3 is 0 Å². The number of hydrogen-bond acceptors (Lipinski definition) is 2. The molecule has 0 fully saturated rings. The first-order valence-electron chi connectivity index (χ1n) is 4.54. The van der Waals surface area contributed by atoms with Crippen LogP contribution in [0.1, 0.15) is 18.4 Å². The Hall–Kier alpha value is -1.84. The number of carbonyl (C=O) groups is 1. The standard InChI is InChI=1S/C9H12N2.C2H4O2/c1-3-5-8-7-10-9(11-8)6-4-2;1-2(3)4/h3-4,7H,1-2,5-6H2,(H,10,11);1H3,(H,3,4). The molecule has 4 nitrogen and oxygen atoms in total. The predicted molar refractivity (Wildman–Crippen MR) is 59.7 cm³/mol. The summed E-state index contributed by atoms with van der Waals surface area (Å²) >= 11 is 0. The highest BCUT2D eigenvalue weighted by molar-refractivity contribution is 5.62. The fraction of sp³-hybridized carbons (Fsp3) is 0.273. The number of imidazole rings is 1. The first-order valence-corrected chi connectivity index (χ1v) is 4.54. The molecule has 0 aliphatic heterocycles. The van der Waals surface area contributed by atoms with Gasteiger partial charge in [0.1, 0.15) is 5.82 Å². The van der Waals surface area contributed by atoms with Crippen LogP contribution in [-0.2, 0) is 17.6 Å². The van der Waals surface area contributed by atoms with Gasteiger partial charge in [-0.25, -0.2) is 4.98 Å². The van der Waals surface area contributed by atoms with Crippen LogP contribution in [0.3, 0.4) is 0 Å². The number of nitrogens with one attached hydrogen (secondary N) is 1. The van der Waals surface area contributed by atoms with E-state index in [-0.39, 0.29) is 0 Å². The van der Waals surface area contributed by atoms with Crippen molar-refractivity contribution in [3.8, 4) is 0 Å². The Morgan fingerprint density at radius 3 is 2.53 bits per heavy atom. The second-order valence-electron chi connectivity index (χ2n) is 2.86. The highest BCUT2D eigenvalue weighted by Gasteiger charge is 1.95.